The molecule has 3 nitrogen and oxygen atoms in total. The first kappa shape index (κ1) is 12.3. The first-order valence-electron chi connectivity index (χ1n) is 5.95. The Balaban J connectivity index is 1.96. The molecule has 0 aliphatic heterocycles. The SMILES string of the molecule is CCNC1CCC(C)CC1Sc1nncs1. The van der Waals surface area contributed by atoms with Crippen LogP contribution < -0.4 is 5.32 Å². The van der Waals surface area contributed by atoms with Gasteiger partial charge in [-0.05, 0) is 31.7 Å². The highest BCUT2D eigenvalue weighted by atomic mass is 32.2. The van der Waals surface area contributed by atoms with Gasteiger partial charge in [0.2, 0.25) is 0 Å². The smallest absolute Gasteiger partial charge is 0.174 e. The van der Waals surface area contributed by atoms with Crippen molar-refractivity contribution in [2.24, 2.45) is 5.92 Å². The van der Waals surface area contributed by atoms with E-state index in [-0.39, 0.29) is 0 Å². The van der Waals surface area contributed by atoms with Gasteiger partial charge in [0.15, 0.2) is 4.34 Å². The van der Waals surface area contributed by atoms with Gasteiger partial charge in [0.05, 0.1) is 0 Å². The predicted molar refractivity (Wildman–Crippen MR) is 70.0 cm³/mol. The third kappa shape index (κ3) is 3.18. The second-order valence-corrected chi connectivity index (χ2v) is 6.76. The number of hydrogen-bond donors (Lipinski definition) is 1. The van der Waals surface area contributed by atoms with Crippen molar-refractivity contribution in [3.63, 3.8) is 0 Å². The molecule has 1 aliphatic rings. The molecule has 1 aromatic heterocycles. The number of thioether (sulfide) groups is 1. The van der Waals surface area contributed by atoms with Crippen LogP contribution in [-0.2, 0) is 0 Å². The summed E-state index contributed by atoms with van der Waals surface area (Å²) in [4.78, 5) is 0. The summed E-state index contributed by atoms with van der Waals surface area (Å²) >= 11 is 3.56. The summed E-state index contributed by atoms with van der Waals surface area (Å²) in [5.74, 6) is 0.848. The molecule has 1 heterocycles. The molecule has 1 fully saturated rings. The first-order valence-corrected chi connectivity index (χ1v) is 7.71. The van der Waals surface area contributed by atoms with Crippen LogP contribution in [0.3, 0.4) is 0 Å². The van der Waals surface area contributed by atoms with E-state index in [0.717, 1.165) is 16.8 Å². The van der Waals surface area contributed by atoms with E-state index in [2.05, 4.69) is 29.4 Å². The molecule has 0 radical (unpaired) electrons. The van der Waals surface area contributed by atoms with Crippen molar-refractivity contribution >= 4 is 23.1 Å². The van der Waals surface area contributed by atoms with E-state index >= 15 is 0 Å². The van der Waals surface area contributed by atoms with E-state index in [1.165, 1.54) is 19.3 Å². The molecule has 0 saturated heterocycles. The summed E-state index contributed by atoms with van der Waals surface area (Å²) in [7, 11) is 0. The van der Waals surface area contributed by atoms with Gasteiger partial charge in [0.1, 0.15) is 5.51 Å². The van der Waals surface area contributed by atoms with Gasteiger partial charge in [-0.25, -0.2) is 0 Å². The van der Waals surface area contributed by atoms with E-state index in [9.17, 15) is 0 Å². The summed E-state index contributed by atoms with van der Waals surface area (Å²) in [6, 6.07) is 0.648. The maximum absolute atomic E-state index is 4.13. The van der Waals surface area contributed by atoms with Gasteiger partial charge in [0.25, 0.3) is 0 Å². The minimum Gasteiger partial charge on any atom is -0.313 e. The second-order valence-electron chi connectivity index (χ2n) is 4.44. The van der Waals surface area contributed by atoms with Crippen molar-refractivity contribution in [1.82, 2.24) is 15.5 Å². The quantitative estimate of drug-likeness (QED) is 0.900. The molecular formula is C11H19N3S2. The van der Waals surface area contributed by atoms with Crippen molar-refractivity contribution in [1.29, 1.82) is 0 Å². The Hall–Kier alpha value is -0.130. The molecule has 1 saturated carbocycles. The molecule has 2 rings (SSSR count). The van der Waals surface area contributed by atoms with Crippen LogP contribution in [0.2, 0.25) is 0 Å². The molecule has 5 heteroatoms. The van der Waals surface area contributed by atoms with Gasteiger partial charge in [-0.2, -0.15) is 0 Å². The van der Waals surface area contributed by atoms with E-state index in [1.54, 1.807) is 11.3 Å². The fourth-order valence-electron chi connectivity index (χ4n) is 2.30. The van der Waals surface area contributed by atoms with Crippen LogP contribution in [0.25, 0.3) is 0 Å². The van der Waals surface area contributed by atoms with Gasteiger partial charge in [-0.1, -0.05) is 36.9 Å². The van der Waals surface area contributed by atoms with Crippen molar-refractivity contribution < 1.29 is 0 Å². The number of hydrogen-bond acceptors (Lipinski definition) is 5. The summed E-state index contributed by atoms with van der Waals surface area (Å²) in [5.41, 5.74) is 1.82. The van der Waals surface area contributed by atoms with Gasteiger partial charge >= 0.3 is 0 Å². The Morgan fingerprint density at radius 3 is 3.12 bits per heavy atom. The molecular weight excluding hydrogens is 238 g/mol. The molecule has 3 atom stereocenters. The highest BCUT2D eigenvalue weighted by Crippen LogP contribution is 2.36. The van der Waals surface area contributed by atoms with Crippen molar-refractivity contribution in [2.75, 3.05) is 6.54 Å². The number of nitrogens with zero attached hydrogens (tertiary/aromatic N) is 2. The lowest BCUT2D eigenvalue weighted by Gasteiger charge is -2.34. The largest absolute Gasteiger partial charge is 0.313 e. The van der Waals surface area contributed by atoms with Crippen LogP contribution in [-0.4, -0.2) is 28.0 Å². The average Bonchev–Trinajstić information content (AvgIpc) is 2.75. The summed E-state index contributed by atoms with van der Waals surface area (Å²) in [6.45, 7) is 5.60. The summed E-state index contributed by atoms with van der Waals surface area (Å²) < 4.78 is 1.11. The minimum atomic E-state index is 0.648. The van der Waals surface area contributed by atoms with Crippen LogP contribution in [0.1, 0.15) is 33.1 Å². The van der Waals surface area contributed by atoms with Crippen LogP contribution >= 0.6 is 23.1 Å². The Labute approximate surface area is 105 Å². The topological polar surface area (TPSA) is 37.8 Å². The lowest BCUT2D eigenvalue weighted by Crippen LogP contribution is -2.42. The first-order chi connectivity index (χ1) is 7.79. The average molecular weight is 257 g/mol. The molecule has 0 aromatic carbocycles. The van der Waals surface area contributed by atoms with Crippen molar-refractivity contribution in [2.45, 2.75) is 48.7 Å². The zero-order chi connectivity index (χ0) is 11.4. The fourth-order valence-corrected chi connectivity index (χ4v) is 4.47. The molecule has 90 valence electrons. The number of rotatable bonds is 4. The van der Waals surface area contributed by atoms with E-state index in [4.69, 9.17) is 0 Å². The van der Waals surface area contributed by atoms with Crippen molar-refractivity contribution in [3.05, 3.63) is 5.51 Å². The maximum atomic E-state index is 4.13. The van der Waals surface area contributed by atoms with Crippen LogP contribution in [0.4, 0.5) is 0 Å². The number of aromatic nitrogens is 2. The minimum absolute atomic E-state index is 0.648. The third-order valence-electron chi connectivity index (χ3n) is 3.11. The Kier molecular flexibility index (Phi) is 4.61. The highest BCUT2D eigenvalue weighted by molar-refractivity contribution is 8.01. The lowest BCUT2D eigenvalue weighted by molar-refractivity contribution is 0.320. The summed E-state index contributed by atoms with van der Waals surface area (Å²) in [5, 5.41) is 12.3. The van der Waals surface area contributed by atoms with Crippen LogP contribution in [0.5, 0.6) is 0 Å². The molecule has 0 bridgehead atoms. The molecule has 16 heavy (non-hydrogen) atoms. The molecule has 1 aliphatic carbocycles. The summed E-state index contributed by atoms with van der Waals surface area (Å²) in [6.07, 6.45) is 3.94. The lowest BCUT2D eigenvalue weighted by atomic mass is 9.87. The normalized spacial score (nSPS) is 30.5. The highest BCUT2D eigenvalue weighted by Gasteiger charge is 2.29. The standard InChI is InChI=1S/C11H19N3S2/c1-3-12-9-5-4-8(2)6-10(9)16-11-14-13-7-15-11/h7-10,12H,3-6H2,1-2H3. The van der Waals surface area contributed by atoms with E-state index < -0.39 is 0 Å². The van der Waals surface area contributed by atoms with Gasteiger partial charge in [0, 0.05) is 11.3 Å². The van der Waals surface area contributed by atoms with Gasteiger partial charge < -0.3 is 5.32 Å². The Morgan fingerprint density at radius 2 is 2.44 bits per heavy atom. The fraction of sp³-hybridized carbons (Fsp3) is 0.818. The van der Waals surface area contributed by atoms with Crippen LogP contribution in [0, 0.1) is 5.92 Å². The maximum Gasteiger partial charge on any atom is 0.174 e. The molecule has 0 spiro atoms. The van der Waals surface area contributed by atoms with Crippen LogP contribution in [0.15, 0.2) is 9.85 Å². The van der Waals surface area contributed by atoms with Crippen molar-refractivity contribution in [3.8, 4) is 0 Å². The van der Waals surface area contributed by atoms with Gasteiger partial charge in [-0.3, -0.25) is 0 Å². The third-order valence-corrected chi connectivity index (χ3v) is 5.28. The molecule has 1 aromatic rings. The number of nitrogens with one attached hydrogen (secondary N) is 1. The van der Waals surface area contributed by atoms with E-state index in [1.807, 2.05) is 17.3 Å². The Bertz CT molecular complexity index is 302. The predicted octanol–water partition coefficient (Wildman–Crippen LogP) is 2.80. The monoisotopic (exact) mass is 257 g/mol. The Morgan fingerprint density at radius 1 is 1.56 bits per heavy atom. The zero-order valence-electron chi connectivity index (χ0n) is 9.85. The van der Waals surface area contributed by atoms with E-state index in [0.29, 0.717) is 11.3 Å². The second kappa shape index (κ2) is 5.98. The molecule has 3 unspecified atom stereocenters. The zero-order valence-corrected chi connectivity index (χ0v) is 11.5. The molecule has 1 N–H and O–H groups in total. The molecule has 0 amide bonds. The van der Waals surface area contributed by atoms with Gasteiger partial charge in [-0.15, -0.1) is 10.2 Å².